The molecule has 8 heteroatoms. The van der Waals surface area contributed by atoms with E-state index in [1.165, 1.54) is 11.8 Å². The number of aryl methyl sites for hydroxylation is 1. The Morgan fingerprint density at radius 3 is 2.85 bits per heavy atom. The van der Waals surface area contributed by atoms with Crippen molar-refractivity contribution in [1.29, 1.82) is 5.41 Å². The normalized spacial score (nSPS) is 11.0. The third kappa shape index (κ3) is 2.60. The van der Waals surface area contributed by atoms with Gasteiger partial charge < -0.3 is 5.73 Å². The summed E-state index contributed by atoms with van der Waals surface area (Å²) in [6, 6.07) is 1.77. The minimum Gasteiger partial charge on any atom is -0.384 e. The van der Waals surface area contributed by atoms with Crippen molar-refractivity contribution >= 4 is 17.6 Å². The Morgan fingerprint density at radius 1 is 1.55 bits per heavy atom. The monoisotopic (exact) mass is 292 g/mol. The summed E-state index contributed by atoms with van der Waals surface area (Å²) >= 11 is 1.22. The van der Waals surface area contributed by atoms with Crippen LogP contribution in [0.15, 0.2) is 27.2 Å². The van der Waals surface area contributed by atoms with Gasteiger partial charge in [-0.1, -0.05) is 0 Å². The largest absolute Gasteiger partial charge is 0.384 e. The molecule has 0 fully saturated rings. The Morgan fingerprint density at radius 2 is 2.25 bits per heavy atom. The number of pyridine rings is 1. The Kier molecular flexibility index (Phi) is 3.93. The van der Waals surface area contributed by atoms with Crippen LogP contribution in [0.5, 0.6) is 0 Å². The van der Waals surface area contributed by atoms with E-state index in [0.717, 1.165) is 5.56 Å². The van der Waals surface area contributed by atoms with Gasteiger partial charge in [0.1, 0.15) is 10.9 Å². The van der Waals surface area contributed by atoms with Crippen LogP contribution >= 0.6 is 11.8 Å². The lowest BCUT2D eigenvalue weighted by atomic mass is 10.1. The molecular weight excluding hydrogens is 276 g/mol. The van der Waals surface area contributed by atoms with Crippen molar-refractivity contribution in [1.82, 2.24) is 19.7 Å². The average molecular weight is 292 g/mol. The lowest BCUT2D eigenvalue weighted by Gasteiger charge is -2.11. The highest BCUT2D eigenvalue weighted by molar-refractivity contribution is 7.99. The van der Waals surface area contributed by atoms with Gasteiger partial charge in [-0.05, 0) is 44.2 Å². The third-order valence-corrected chi connectivity index (χ3v) is 3.74. The molecule has 0 spiro atoms. The molecule has 0 saturated carbocycles. The second-order valence-electron chi connectivity index (χ2n) is 4.60. The molecule has 0 amide bonds. The maximum atomic E-state index is 11.7. The predicted octanol–water partition coefficient (Wildman–Crippen LogP) is 1.29. The van der Waals surface area contributed by atoms with Gasteiger partial charge in [0.05, 0.1) is 5.56 Å². The molecule has 7 nitrogen and oxygen atoms in total. The summed E-state index contributed by atoms with van der Waals surface area (Å²) in [6.45, 7) is 5.66. The zero-order valence-electron chi connectivity index (χ0n) is 11.5. The molecule has 2 aromatic heterocycles. The highest BCUT2D eigenvalue weighted by Crippen LogP contribution is 2.28. The molecule has 0 saturated heterocycles. The Labute approximate surface area is 120 Å². The van der Waals surface area contributed by atoms with Crippen molar-refractivity contribution in [2.75, 3.05) is 0 Å². The molecule has 2 heterocycles. The first-order valence-electron chi connectivity index (χ1n) is 6.06. The topological polar surface area (TPSA) is 113 Å². The zero-order chi connectivity index (χ0) is 14.9. The maximum Gasteiger partial charge on any atom is 0.344 e. The van der Waals surface area contributed by atoms with Crippen LogP contribution in [0.3, 0.4) is 0 Å². The molecule has 2 aromatic rings. The standard InChI is InChI=1S/C12H16N6OS/c1-6(2)18-11(19)16-17-12(18)20-10-8(9(13)14)7(3)4-5-15-10/h4-6H,1-3H3,(H3,13,14)(H,16,19). The maximum absolute atomic E-state index is 11.7. The van der Waals surface area contributed by atoms with Crippen LogP contribution in [-0.4, -0.2) is 25.6 Å². The summed E-state index contributed by atoms with van der Waals surface area (Å²) in [4.78, 5) is 15.9. The fourth-order valence-corrected chi connectivity index (χ4v) is 2.99. The zero-order valence-corrected chi connectivity index (χ0v) is 12.3. The van der Waals surface area contributed by atoms with E-state index in [-0.39, 0.29) is 17.6 Å². The molecule has 0 aromatic carbocycles. The SMILES string of the molecule is Cc1ccnc(Sc2n[nH]c(=O)n2C(C)C)c1C(=N)N. The molecule has 0 aliphatic carbocycles. The summed E-state index contributed by atoms with van der Waals surface area (Å²) in [5.74, 6) is -0.0490. The van der Waals surface area contributed by atoms with Gasteiger partial charge in [-0.25, -0.2) is 14.9 Å². The van der Waals surface area contributed by atoms with Crippen LogP contribution in [0.25, 0.3) is 0 Å². The van der Waals surface area contributed by atoms with Crippen LogP contribution in [0.1, 0.15) is 31.0 Å². The lowest BCUT2D eigenvalue weighted by molar-refractivity contribution is 0.534. The first kappa shape index (κ1) is 14.3. The minimum absolute atomic E-state index is 0.0191. The van der Waals surface area contributed by atoms with Gasteiger partial charge in [0, 0.05) is 12.2 Å². The molecule has 106 valence electrons. The molecule has 0 unspecified atom stereocenters. The molecule has 0 bridgehead atoms. The summed E-state index contributed by atoms with van der Waals surface area (Å²) in [5.41, 5.74) is 6.78. The summed E-state index contributed by atoms with van der Waals surface area (Å²) in [6.07, 6.45) is 1.65. The van der Waals surface area contributed by atoms with Gasteiger partial charge in [-0.3, -0.25) is 9.98 Å². The number of nitrogens with two attached hydrogens (primary N) is 1. The van der Waals surface area contributed by atoms with Crippen LogP contribution in [0.2, 0.25) is 0 Å². The summed E-state index contributed by atoms with van der Waals surface area (Å²) in [7, 11) is 0. The van der Waals surface area contributed by atoms with Crippen LogP contribution in [0.4, 0.5) is 0 Å². The van der Waals surface area contributed by atoms with E-state index in [0.29, 0.717) is 15.7 Å². The number of nitrogens with zero attached hydrogens (tertiary/aromatic N) is 3. The van der Waals surface area contributed by atoms with E-state index in [1.54, 1.807) is 16.8 Å². The fraction of sp³-hybridized carbons (Fsp3) is 0.333. The molecule has 0 radical (unpaired) electrons. The van der Waals surface area contributed by atoms with Gasteiger partial charge in [0.2, 0.25) is 0 Å². The van der Waals surface area contributed by atoms with Crippen molar-refractivity contribution in [3.8, 4) is 0 Å². The highest BCUT2D eigenvalue weighted by Gasteiger charge is 2.17. The van der Waals surface area contributed by atoms with Crippen LogP contribution in [-0.2, 0) is 0 Å². The van der Waals surface area contributed by atoms with E-state index in [9.17, 15) is 4.79 Å². The van der Waals surface area contributed by atoms with E-state index in [1.807, 2.05) is 20.8 Å². The number of hydrogen-bond donors (Lipinski definition) is 3. The Hall–Kier alpha value is -2.09. The van der Waals surface area contributed by atoms with E-state index in [2.05, 4.69) is 15.2 Å². The molecule has 2 rings (SSSR count). The number of aromatic nitrogens is 4. The lowest BCUT2D eigenvalue weighted by Crippen LogP contribution is -2.19. The number of hydrogen-bond acceptors (Lipinski definition) is 5. The molecular formula is C12H16N6OS. The van der Waals surface area contributed by atoms with Crippen LogP contribution < -0.4 is 11.4 Å². The van der Waals surface area contributed by atoms with Gasteiger partial charge in [-0.2, -0.15) is 0 Å². The first-order valence-corrected chi connectivity index (χ1v) is 6.88. The number of nitrogens with one attached hydrogen (secondary N) is 2. The van der Waals surface area contributed by atoms with Crippen molar-refractivity contribution < 1.29 is 0 Å². The molecule has 0 aliphatic rings. The van der Waals surface area contributed by atoms with Gasteiger partial charge in [0.25, 0.3) is 0 Å². The summed E-state index contributed by atoms with van der Waals surface area (Å²) < 4.78 is 1.54. The number of nitrogen functional groups attached to an aromatic ring is 1. The minimum atomic E-state index is -0.264. The van der Waals surface area contributed by atoms with E-state index >= 15 is 0 Å². The predicted molar refractivity (Wildman–Crippen MR) is 77.3 cm³/mol. The smallest absolute Gasteiger partial charge is 0.344 e. The summed E-state index contributed by atoms with van der Waals surface area (Å²) in [5, 5.41) is 15.2. The number of amidine groups is 1. The third-order valence-electron chi connectivity index (χ3n) is 2.77. The molecule has 0 atom stereocenters. The second kappa shape index (κ2) is 5.49. The van der Waals surface area contributed by atoms with Gasteiger partial charge in [0.15, 0.2) is 5.16 Å². The number of H-pyrrole nitrogens is 1. The first-order chi connectivity index (χ1) is 9.41. The van der Waals surface area contributed by atoms with E-state index < -0.39 is 0 Å². The van der Waals surface area contributed by atoms with Crippen molar-refractivity contribution in [3.63, 3.8) is 0 Å². The van der Waals surface area contributed by atoms with E-state index in [4.69, 9.17) is 11.1 Å². The van der Waals surface area contributed by atoms with Gasteiger partial charge in [-0.15, -0.1) is 5.10 Å². The second-order valence-corrected chi connectivity index (χ2v) is 5.55. The number of aromatic amines is 1. The van der Waals surface area contributed by atoms with Gasteiger partial charge >= 0.3 is 5.69 Å². The molecule has 20 heavy (non-hydrogen) atoms. The van der Waals surface area contributed by atoms with Crippen molar-refractivity contribution in [2.24, 2.45) is 5.73 Å². The average Bonchev–Trinajstić information content (AvgIpc) is 2.70. The molecule has 0 aliphatic heterocycles. The quantitative estimate of drug-likeness (QED) is 0.580. The van der Waals surface area contributed by atoms with Crippen molar-refractivity contribution in [2.45, 2.75) is 37.0 Å². The van der Waals surface area contributed by atoms with Crippen LogP contribution in [0, 0.1) is 12.3 Å². The number of rotatable bonds is 4. The highest BCUT2D eigenvalue weighted by atomic mass is 32.2. The fourth-order valence-electron chi connectivity index (χ4n) is 1.84. The molecule has 4 N–H and O–H groups in total. The Bertz CT molecular complexity index is 702. The Balaban J connectivity index is 2.49. The van der Waals surface area contributed by atoms with Crippen molar-refractivity contribution in [3.05, 3.63) is 33.9 Å².